The van der Waals surface area contributed by atoms with E-state index in [1.54, 1.807) is 0 Å². The molecule has 2 aromatic heterocycles. The average molecular weight is 365 g/mol. The van der Waals surface area contributed by atoms with Crippen molar-refractivity contribution in [3.63, 3.8) is 0 Å². The van der Waals surface area contributed by atoms with E-state index in [9.17, 15) is 13.2 Å². The molecule has 2 heterocycles. The van der Waals surface area contributed by atoms with Gasteiger partial charge in [0.2, 0.25) is 9.84 Å². The number of nitrogen functional groups attached to an aromatic ring is 1. The molecule has 1 aromatic carbocycles. The third kappa shape index (κ3) is 2.40. The number of nitrogens with one attached hydrogen (secondary N) is 1. The second kappa shape index (κ2) is 5.81. The molecule has 0 saturated carbocycles. The van der Waals surface area contributed by atoms with Gasteiger partial charge in [-0.05, 0) is 24.3 Å². The number of rotatable bonds is 4. The molecule has 124 valence electrons. The van der Waals surface area contributed by atoms with E-state index in [0.29, 0.717) is 5.02 Å². The summed E-state index contributed by atoms with van der Waals surface area (Å²) in [5.74, 6) is -0.0432. The van der Waals surface area contributed by atoms with E-state index in [2.05, 4.69) is 16.8 Å². The molecular formula is C15H13ClN4O3S. The Hall–Kier alpha value is -2.58. The first kappa shape index (κ1) is 16.3. The van der Waals surface area contributed by atoms with Crippen LogP contribution in [-0.2, 0) is 16.4 Å². The van der Waals surface area contributed by atoms with Gasteiger partial charge in [-0.1, -0.05) is 17.7 Å². The molecule has 24 heavy (non-hydrogen) atoms. The largest absolute Gasteiger partial charge is 0.384 e. The SMILES string of the molecule is C=CCn1c(N)c(S(=O)(=O)c2ccc(Cl)cc2)c2cn[nH]c(=O)c21. The summed E-state index contributed by atoms with van der Waals surface area (Å²) in [6.07, 6.45) is 2.80. The fraction of sp³-hybridized carbons (Fsp3) is 0.0667. The van der Waals surface area contributed by atoms with Crippen molar-refractivity contribution in [3.05, 3.63) is 58.5 Å². The number of aromatic amines is 1. The summed E-state index contributed by atoms with van der Waals surface area (Å²) in [6.45, 7) is 3.79. The molecule has 0 amide bonds. The molecule has 0 spiro atoms. The van der Waals surface area contributed by atoms with Crippen LogP contribution >= 0.6 is 11.6 Å². The number of allylic oxidation sites excluding steroid dienone is 1. The van der Waals surface area contributed by atoms with Gasteiger partial charge in [-0.3, -0.25) is 4.79 Å². The van der Waals surface area contributed by atoms with Crippen LogP contribution in [0.15, 0.2) is 57.7 Å². The summed E-state index contributed by atoms with van der Waals surface area (Å²) in [4.78, 5) is 12.0. The summed E-state index contributed by atoms with van der Waals surface area (Å²) in [6, 6.07) is 5.71. The van der Waals surface area contributed by atoms with Crippen molar-refractivity contribution in [2.24, 2.45) is 0 Å². The molecule has 0 aliphatic heterocycles. The maximum Gasteiger partial charge on any atom is 0.288 e. The van der Waals surface area contributed by atoms with Crippen LogP contribution in [0, 0.1) is 0 Å². The van der Waals surface area contributed by atoms with Crippen LogP contribution in [0.1, 0.15) is 0 Å². The molecular weight excluding hydrogens is 352 g/mol. The fourth-order valence-electron chi connectivity index (χ4n) is 2.54. The first-order valence-corrected chi connectivity index (χ1v) is 8.71. The second-order valence-electron chi connectivity index (χ2n) is 5.03. The number of H-pyrrole nitrogens is 1. The van der Waals surface area contributed by atoms with Crippen molar-refractivity contribution in [2.45, 2.75) is 16.3 Å². The van der Waals surface area contributed by atoms with E-state index in [1.165, 1.54) is 41.1 Å². The standard InChI is InChI=1S/C15H13ClN4O3S/c1-2-7-20-12-11(8-18-19-15(12)21)13(14(20)17)24(22,23)10-5-3-9(16)4-6-10/h2-6,8H,1,7,17H2,(H,19,21). The summed E-state index contributed by atoms with van der Waals surface area (Å²) >= 11 is 5.81. The van der Waals surface area contributed by atoms with E-state index >= 15 is 0 Å². The van der Waals surface area contributed by atoms with Gasteiger partial charge in [0.1, 0.15) is 16.2 Å². The number of nitrogens with zero attached hydrogens (tertiary/aromatic N) is 2. The van der Waals surface area contributed by atoms with Crippen LogP contribution in [0.25, 0.3) is 10.9 Å². The van der Waals surface area contributed by atoms with Gasteiger partial charge in [-0.15, -0.1) is 6.58 Å². The topological polar surface area (TPSA) is 111 Å². The van der Waals surface area contributed by atoms with Gasteiger partial charge in [-0.25, -0.2) is 13.5 Å². The monoisotopic (exact) mass is 364 g/mol. The van der Waals surface area contributed by atoms with Crippen molar-refractivity contribution in [1.82, 2.24) is 14.8 Å². The van der Waals surface area contributed by atoms with Crippen LogP contribution < -0.4 is 11.3 Å². The van der Waals surface area contributed by atoms with Crippen LogP contribution in [-0.4, -0.2) is 23.2 Å². The lowest BCUT2D eigenvalue weighted by Gasteiger charge is -2.06. The van der Waals surface area contributed by atoms with Gasteiger partial charge >= 0.3 is 0 Å². The van der Waals surface area contributed by atoms with Crippen LogP contribution in [0.3, 0.4) is 0 Å². The molecule has 3 aromatic rings. The smallest absolute Gasteiger partial charge is 0.288 e. The molecule has 0 aliphatic rings. The minimum atomic E-state index is -3.96. The Balaban J connectivity index is 2.40. The minimum Gasteiger partial charge on any atom is -0.384 e. The Kier molecular flexibility index (Phi) is 3.94. The zero-order chi connectivity index (χ0) is 17.5. The number of hydrogen-bond donors (Lipinski definition) is 2. The molecule has 0 fully saturated rings. The zero-order valence-electron chi connectivity index (χ0n) is 12.4. The summed E-state index contributed by atoms with van der Waals surface area (Å²) in [7, 11) is -3.96. The molecule has 0 atom stereocenters. The van der Waals surface area contributed by atoms with Gasteiger partial charge < -0.3 is 10.3 Å². The maximum absolute atomic E-state index is 13.0. The average Bonchev–Trinajstić information content (AvgIpc) is 2.82. The van der Waals surface area contributed by atoms with Gasteiger partial charge in [0.15, 0.2) is 0 Å². The zero-order valence-corrected chi connectivity index (χ0v) is 13.9. The van der Waals surface area contributed by atoms with Crippen LogP contribution in [0.4, 0.5) is 5.82 Å². The van der Waals surface area contributed by atoms with Crippen molar-refractivity contribution in [1.29, 1.82) is 0 Å². The highest BCUT2D eigenvalue weighted by atomic mass is 35.5. The van der Waals surface area contributed by atoms with Gasteiger partial charge in [-0.2, -0.15) is 5.10 Å². The lowest BCUT2D eigenvalue weighted by molar-refractivity contribution is 0.597. The number of fused-ring (bicyclic) bond motifs is 1. The highest BCUT2D eigenvalue weighted by Crippen LogP contribution is 2.34. The van der Waals surface area contributed by atoms with Crippen molar-refractivity contribution >= 4 is 38.2 Å². The predicted octanol–water partition coefficient (Wildman–Crippen LogP) is 1.98. The normalized spacial score (nSPS) is 11.7. The van der Waals surface area contributed by atoms with E-state index in [0.717, 1.165) is 0 Å². The van der Waals surface area contributed by atoms with Crippen molar-refractivity contribution in [3.8, 4) is 0 Å². The Morgan fingerprint density at radius 3 is 2.62 bits per heavy atom. The van der Waals surface area contributed by atoms with Gasteiger partial charge in [0, 0.05) is 17.0 Å². The summed E-state index contributed by atoms with van der Waals surface area (Å²) < 4.78 is 27.4. The molecule has 7 nitrogen and oxygen atoms in total. The number of halogens is 1. The first-order valence-electron chi connectivity index (χ1n) is 6.85. The fourth-order valence-corrected chi connectivity index (χ4v) is 4.22. The number of sulfone groups is 1. The lowest BCUT2D eigenvalue weighted by Crippen LogP contribution is -2.12. The number of benzene rings is 1. The Morgan fingerprint density at radius 1 is 1.33 bits per heavy atom. The Bertz CT molecular complexity index is 1100. The number of nitrogens with two attached hydrogens (primary N) is 1. The molecule has 0 aliphatic carbocycles. The third-order valence-corrected chi connectivity index (χ3v) is 5.68. The number of aromatic nitrogens is 3. The first-order chi connectivity index (χ1) is 11.4. The minimum absolute atomic E-state index is 0.0246. The predicted molar refractivity (Wildman–Crippen MR) is 91.9 cm³/mol. The third-order valence-electron chi connectivity index (χ3n) is 3.57. The molecule has 0 saturated heterocycles. The Morgan fingerprint density at radius 2 is 2.00 bits per heavy atom. The molecule has 3 rings (SSSR count). The summed E-state index contributed by atoms with van der Waals surface area (Å²) in [5.41, 5.74) is 5.66. The summed E-state index contributed by atoms with van der Waals surface area (Å²) in [5, 5.41) is 6.55. The second-order valence-corrected chi connectivity index (χ2v) is 7.36. The van der Waals surface area contributed by atoms with E-state index in [4.69, 9.17) is 17.3 Å². The molecule has 0 unspecified atom stereocenters. The van der Waals surface area contributed by atoms with Gasteiger partial charge in [0.25, 0.3) is 5.56 Å². The molecule has 0 radical (unpaired) electrons. The Labute approximate surface area is 142 Å². The quantitative estimate of drug-likeness (QED) is 0.687. The number of hydrogen-bond acceptors (Lipinski definition) is 5. The van der Waals surface area contributed by atoms with Crippen LogP contribution in [0.2, 0.25) is 5.02 Å². The molecule has 9 heteroatoms. The highest BCUT2D eigenvalue weighted by molar-refractivity contribution is 7.92. The van der Waals surface area contributed by atoms with Gasteiger partial charge in [0.05, 0.1) is 11.1 Å². The van der Waals surface area contributed by atoms with E-state index in [-0.39, 0.29) is 33.1 Å². The van der Waals surface area contributed by atoms with E-state index < -0.39 is 15.4 Å². The van der Waals surface area contributed by atoms with E-state index in [1.807, 2.05) is 0 Å². The molecule has 3 N–H and O–H groups in total. The van der Waals surface area contributed by atoms with Crippen LogP contribution in [0.5, 0.6) is 0 Å². The van der Waals surface area contributed by atoms with Crippen molar-refractivity contribution in [2.75, 3.05) is 5.73 Å². The number of anilines is 1. The molecule has 0 bridgehead atoms. The maximum atomic E-state index is 13.0. The highest BCUT2D eigenvalue weighted by Gasteiger charge is 2.29. The van der Waals surface area contributed by atoms with Crippen molar-refractivity contribution < 1.29 is 8.42 Å². The lowest BCUT2D eigenvalue weighted by atomic mass is 10.3.